The van der Waals surface area contributed by atoms with E-state index in [1.165, 1.54) is 0 Å². The van der Waals surface area contributed by atoms with Crippen LogP contribution in [-0.4, -0.2) is 21.1 Å². The Kier molecular flexibility index (Phi) is 3.73. The maximum Gasteiger partial charge on any atom is 0.153 e. The van der Waals surface area contributed by atoms with Crippen molar-refractivity contribution in [1.82, 2.24) is 14.8 Å². The highest BCUT2D eigenvalue weighted by atomic mass is 35.5. The zero-order chi connectivity index (χ0) is 14.8. The largest absolute Gasteiger partial charge is 0.298 e. The number of rotatable bonds is 3. The van der Waals surface area contributed by atoms with Crippen LogP contribution in [-0.2, 0) is 0 Å². The average molecular weight is 318 g/mol. The second kappa shape index (κ2) is 5.68. The van der Waals surface area contributed by atoms with Gasteiger partial charge in [-0.2, -0.15) is 5.10 Å². The molecule has 21 heavy (non-hydrogen) atoms. The van der Waals surface area contributed by atoms with Crippen molar-refractivity contribution in [3.8, 4) is 16.9 Å². The van der Waals surface area contributed by atoms with Gasteiger partial charge in [0.1, 0.15) is 5.69 Å². The van der Waals surface area contributed by atoms with Gasteiger partial charge < -0.3 is 0 Å². The van der Waals surface area contributed by atoms with Crippen molar-refractivity contribution in [3.05, 3.63) is 64.5 Å². The third-order valence-corrected chi connectivity index (χ3v) is 3.71. The van der Waals surface area contributed by atoms with Gasteiger partial charge in [0.05, 0.1) is 21.3 Å². The summed E-state index contributed by atoms with van der Waals surface area (Å²) in [6.07, 6.45) is 5.74. The van der Waals surface area contributed by atoms with Gasteiger partial charge in [0.25, 0.3) is 0 Å². The number of pyridine rings is 1. The maximum atomic E-state index is 11.2. The maximum absolute atomic E-state index is 11.2. The van der Waals surface area contributed by atoms with Gasteiger partial charge in [-0.25, -0.2) is 4.68 Å². The van der Waals surface area contributed by atoms with Gasteiger partial charge in [-0.05, 0) is 30.3 Å². The van der Waals surface area contributed by atoms with Gasteiger partial charge >= 0.3 is 0 Å². The highest BCUT2D eigenvalue weighted by Gasteiger charge is 2.12. The van der Waals surface area contributed by atoms with E-state index in [2.05, 4.69) is 10.1 Å². The molecule has 0 fully saturated rings. The fourth-order valence-corrected chi connectivity index (χ4v) is 2.25. The molecule has 3 rings (SSSR count). The highest BCUT2D eigenvalue weighted by Crippen LogP contribution is 2.26. The first-order chi connectivity index (χ1) is 10.2. The van der Waals surface area contributed by atoms with Gasteiger partial charge in [0, 0.05) is 24.2 Å². The topological polar surface area (TPSA) is 47.8 Å². The van der Waals surface area contributed by atoms with Crippen molar-refractivity contribution >= 4 is 29.5 Å². The number of carbonyl (C=O) groups is 1. The Bertz CT molecular complexity index is 800. The van der Waals surface area contributed by atoms with Crippen LogP contribution >= 0.6 is 23.2 Å². The minimum absolute atomic E-state index is 0.431. The number of aldehydes is 1. The van der Waals surface area contributed by atoms with E-state index in [1.54, 1.807) is 47.5 Å². The number of hydrogen-bond donors (Lipinski definition) is 0. The Morgan fingerprint density at radius 1 is 1.14 bits per heavy atom. The fraction of sp³-hybridized carbons (Fsp3) is 0. The van der Waals surface area contributed by atoms with Crippen LogP contribution in [0.5, 0.6) is 0 Å². The van der Waals surface area contributed by atoms with Gasteiger partial charge in [0.15, 0.2) is 6.29 Å². The van der Waals surface area contributed by atoms with Crippen molar-refractivity contribution < 1.29 is 4.79 Å². The van der Waals surface area contributed by atoms with Crippen LogP contribution in [0, 0.1) is 0 Å². The molecule has 6 heteroatoms. The normalized spacial score (nSPS) is 10.6. The smallest absolute Gasteiger partial charge is 0.153 e. The van der Waals surface area contributed by atoms with E-state index < -0.39 is 0 Å². The molecule has 0 unspecified atom stereocenters. The van der Waals surface area contributed by atoms with Crippen LogP contribution < -0.4 is 0 Å². The van der Waals surface area contributed by atoms with Crippen LogP contribution in [0.4, 0.5) is 0 Å². The Morgan fingerprint density at radius 3 is 2.67 bits per heavy atom. The Balaban J connectivity index is 2.11. The standard InChI is InChI=1S/C15H9Cl2N3O/c16-13-4-3-12(6-14(13)17)20-8-11(9-21)15(19-20)10-2-1-5-18-7-10/h1-9H. The molecule has 0 radical (unpaired) electrons. The highest BCUT2D eigenvalue weighted by molar-refractivity contribution is 6.42. The summed E-state index contributed by atoms with van der Waals surface area (Å²) in [5.41, 5.74) is 2.55. The molecule has 0 aliphatic heterocycles. The summed E-state index contributed by atoms with van der Waals surface area (Å²) >= 11 is 11.9. The van der Waals surface area contributed by atoms with E-state index in [4.69, 9.17) is 23.2 Å². The molecule has 0 aliphatic carbocycles. The van der Waals surface area contributed by atoms with Gasteiger partial charge in [-0.3, -0.25) is 9.78 Å². The second-order valence-electron chi connectivity index (χ2n) is 4.34. The lowest BCUT2D eigenvalue weighted by Gasteiger charge is -2.03. The summed E-state index contributed by atoms with van der Waals surface area (Å²) in [6, 6.07) is 8.80. The van der Waals surface area contributed by atoms with Crippen LogP contribution in [0.25, 0.3) is 16.9 Å². The molecular formula is C15H9Cl2N3O. The van der Waals surface area contributed by atoms with Crippen LogP contribution in [0.1, 0.15) is 10.4 Å². The molecule has 0 spiro atoms. The van der Waals surface area contributed by atoms with Crippen molar-refractivity contribution in [3.63, 3.8) is 0 Å². The molecule has 0 bridgehead atoms. The predicted molar refractivity (Wildman–Crippen MR) is 82.2 cm³/mol. The minimum atomic E-state index is 0.431. The third-order valence-electron chi connectivity index (χ3n) is 2.97. The van der Waals surface area contributed by atoms with E-state index >= 15 is 0 Å². The van der Waals surface area contributed by atoms with Gasteiger partial charge in [0.2, 0.25) is 0 Å². The number of benzene rings is 1. The lowest BCUT2D eigenvalue weighted by atomic mass is 10.1. The molecule has 3 aromatic rings. The van der Waals surface area contributed by atoms with Gasteiger partial charge in [-0.1, -0.05) is 23.2 Å². The number of halogens is 2. The molecule has 2 aromatic heterocycles. The number of hydrogen-bond acceptors (Lipinski definition) is 3. The summed E-state index contributed by atoms with van der Waals surface area (Å²) in [5.74, 6) is 0. The lowest BCUT2D eigenvalue weighted by molar-refractivity contribution is 0.112. The molecule has 2 heterocycles. The van der Waals surface area contributed by atoms with E-state index in [0.717, 1.165) is 17.5 Å². The molecule has 1 aromatic carbocycles. The molecule has 0 atom stereocenters. The van der Waals surface area contributed by atoms with Gasteiger partial charge in [-0.15, -0.1) is 0 Å². The Hall–Kier alpha value is -2.17. The van der Waals surface area contributed by atoms with Crippen molar-refractivity contribution in [2.24, 2.45) is 0 Å². The van der Waals surface area contributed by atoms with Crippen LogP contribution in [0.3, 0.4) is 0 Å². The summed E-state index contributed by atoms with van der Waals surface area (Å²) in [6.45, 7) is 0. The lowest BCUT2D eigenvalue weighted by Crippen LogP contribution is -1.94. The van der Waals surface area contributed by atoms with Crippen molar-refractivity contribution in [2.45, 2.75) is 0 Å². The first kappa shape index (κ1) is 13.8. The Labute approximate surface area is 131 Å². The molecule has 0 N–H and O–H groups in total. The summed E-state index contributed by atoms with van der Waals surface area (Å²) < 4.78 is 1.59. The third kappa shape index (κ3) is 2.68. The molecule has 0 saturated carbocycles. The average Bonchev–Trinajstić information content (AvgIpc) is 2.95. The molecule has 0 amide bonds. The SMILES string of the molecule is O=Cc1cn(-c2ccc(Cl)c(Cl)c2)nc1-c1cccnc1. The molecular weight excluding hydrogens is 309 g/mol. The molecule has 0 aliphatic rings. The molecule has 104 valence electrons. The Morgan fingerprint density at radius 2 is 2.00 bits per heavy atom. The second-order valence-corrected chi connectivity index (χ2v) is 5.15. The molecule has 0 saturated heterocycles. The summed E-state index contributed by atoms with van der Waals surface area (Å²) in [4.78, 5) is 15.3. The van der Waals surface area contributed by atoms with E-state index in [9.17, 15) is 4.79 Å². The van der Waals surface area contributed by atoms with E-state index in [1.807, 2.05) is 6.07 Å². The zero-order valence-corrected chi connectivity index (χ0v) is 12.2. The molecule has 4 nitrogen and oxygen atoms in total. The quantitative estimate of drug-likeness (QED) is 0.684. The predicted octanol–water partition coefficient (Wildman–Crippen LogP) is 4.05. The van der Waals surface area contributed by atoms with Crippen molar-refractivity contribution in [2.75, 3.05) is 0 Å². The number of aromatic nitrogens is 3. The van der Waals surface area contributed by atoms with Crippen LogP contribution in [0.15, 0.2) is 48.9 Å². The first-order valence-corrected chi connectivity index (χ1v) is 6.85. The summed E-state index contributed by atoms with van der Waals surface area (Å²) in [7, 11) is 0. The zero-order valence-electron chi connectivity index (χ0n) is 10.7. The first-order valence-electron chi connectivity index (χ1n) is 6.09. The monoisotopic (exact) mass is 317 g/mol. The summed E-state index contributed by atoms with van der Waals surface area (Å²) in [5, 5.41) is 5.33. The fourth-order valence-electron chi connectivity index (χ4n) is 1.96. The van der Waals surface area contributed by atoms with Crippen molar-refractivity contribution in [1.29, 1.82) is 0 Å². The van der Waals surface area contributed by atoms with E-state index in [0.29, 0.717) is 21.3 Å². The van der Waals surface area contributed by atoms with E-state index in [-0.39, 0.29) is 0 Å². The van der Waals surface area contributed by atoms with Crippen LogP contribution in [0.2, 0.25) is 10.0 Å². The minimum Gasteiger partial charge on any atom is -0.298 e. The number of carbonyl (C=O) groups excluding carboxylic acids is 1. The number of nitrogens with zero attached hydrogens (tertiary/aromatic N) is 3.